The van der Waals surface area contributed by atoms with Crippen LogP contribution < -0.4 is 14.8 Å². The lowest BCUT2D eigenvalue weighted by Crippen LogP contribution is -2.54. The molecule has 1 unspecified atom stereocenters. The first-order valence-electron chi connectivity index (χ1n) is 8.63. The number of methoxy groups -OCH3 is 2. The Morgan fingerprint density at radius 3 is 2.12 bits per heavy atom. The molecule has 1 aromatic carbocycles. The summed E-state index contributed by atoms with van der Waals surface area (Å²) in [6, 6.07) is 4.77. The third-order valence-electron chi connectivity index (χ3n) is 4.81. The number of nitrogens with zero attached hydrogens (tertiary/aromatic N) is 2. The van der Waals surface area contributed by atoms with Crippen LogP contribution in [0.3, 0.4) is 0 Å². The van der Waals surface area contributed by atoms with Crippen molar-refractivity contribution in [2.75, 3.05) is 40.4 Å². The summed E-state index contributed by atoms with van der Waals surface area (Å²) in [7, 11) is 3.02. The second-order valence-electron chi connectivity index (χ2n) is 6.31. The van der Waals surface area contributed by atoms with Gasteiger partial charge in [-0.1, -0.05) is 6.07 Å². The van der Waals surface area contributed by atoms with Gasteiger partial charge in [0, 0.05) is 32.6 Å². The Labute approximate surface area is 152 Å². The van der Waals surface area contributed by atoms with Gasteiger partial charge < -0.3 is 24.6 Å². The summed E-state index contributed by atoms with van der Waals surface area (Å²) >= 11 is 0. The molecule has 0 saturated carbocycles. The molecule has 3 rings (SSSR count). The Kier molecular flexibility index (Phi) is 5.29. The monoisotopic (exact) mass is 361 g/mol. The smallest absolute Gasteiger partial charge is 0.261 e. The second kappa shape index (κ2) is 7.63. The van der Waals surface area contributed by atoms with Crippen molar-refractivity contribution in [3.63, 3.8) is 0 Å². The minimum absolute atomic E-state index is 0.0715. The van der Waals surface area contributed by atoms with E-state index in [2.05, 4.69) is 5.32 Å². The van der Waals surface area contributed by atoms with Crippen molar-refractivity contribution in [2.24, 2.45) is 0 Å². The molecular formula is C18H23N3O5. The molecule has 0 aromatic heterocycles. The highest BCUT2D eigenvalue weighted by Gasteiger charge is 2.34. The summed E-state index contributed by atoms with van der Waals surface area (Å²) < 4.78 is 10.6. The molecular weight excluding hydrogens is 338 g/mol. The largest absolute Gasteiger partial charge is 0.496 e. The van der Waals surface area contributed by atoms with Crippen LogP contribution in [0.5, 0.6) is 11.5 Å². The summed E-state index contributed by atoms with van der Waals surface area (Å²) in [5.74, 6) is 0.585. The second-order valence-corrected chi connectivity index (χ2v) is 6.31. The number of carbonyl (C=O) groups is 3. The van der Waals surface area contributed by atoms with Crippen molar-refractivity contribution in [1.29, 1.82) is 0 Å². The van der Waals surface area contributed by atoms with Gasteiger partial charge in [0.2, 0.25) is 11.8 Å². The van der Waals surface area contributed by atoms with E-state index in [9.17, 15) is 14.4 Å². The van der Waals surface area contributed by atoms with Gasteiger partial charge in [-0.25, -0.2) is 0 Å². The summed E-state index contributed by atoms with van der Waals surface area (Å²) in [6.07, 6.45) is 0.928. The van der Waals surface area contributed by atoms with Crippen molar-refractivity contribution in [3.8, 4) is 11.5 Å². The van der Waals surface area contributed by atoms with Crippen LogP contribution in [0.2, 0.25) is 0 Å². The molecule has 0 spiro atoms. The summed E-state index contributed by atoms with van der Waals surface area (Å²) in [6.45, 7) is 1.72. The van der Waals surface area contributed by atoms with Gasteiger partial charge in [-0.3, -0.25) is 14.4 Å². The van der Waals surface area contributed by atoms with Crippen molar-refractivity contribution in [3.05, 3.63) is 23.8 Å². The first-order valence-corrected chi connectivity index (χ1v) is 8.63. The number of benzene rings is 1. The van der Waals surface area contributed by atoms with E-state index in [1.54, 1.807) is 28.0 Å². The highest BCUT2D eigenvalue weighted by Crippen LogP contribution is 2.30. The van der Waals surface area contributed by atoms with E-state index in [0.29, 0.717) is 56.1 Å². The molecule has 2 aliphatic rings. The predicted octanol–water partition coefficient (Wildman–Crippen LogP) is 0.267. The van der Waals surface area contributed by atoms with E-state index >= 15 is 0 Å². The minimum Gasteiger partial charge on any atom is -0.496 e. The van der Waals surface area contributed by atoms with Gasteiger partial charge in [0.1, 0.15) is 23.1 Å². The Morgan fingerprint density at radius 1 is 1.04 bits per heavy atom. The van der Waals surface area contributed by atoms with Crippen LogP contribution in [-0.2, 0) is 9.59 Å². The Bertz CT molecular complexity index is 691. The highest BCUT2D eigenvalue weighted by atomic mass is 16.5. The van der Waals surface area contributed by atoms with Gasteiger partial charge in [0.05, 0.1) is 14.2 Å². The zero-order valence-electron chi connectivity index (χ0n) is 15.0. The molecule has 0 aliphatic carbocycles. The number of ether oxygens (including phenoxy) is 2. The zero-order valence-corrected chi connectivity index (χ0v) is 15.0. The van der Waals surface area contributed by atoms with Crippen molar-refractivity contribution in [2.45, 2.75) is 18.9 Å². The maximum Gasteiger partial charge on any atom is 0.261 e. The Balaban J connectivity index is 1.66. The van der Waals surface area contributed by atoms with E-state index in [4.69, 9.17) is 9.47 Å². The van der Waals surface area contributed by atoms with Gasteiger partial charge in [-0.05, 0) is 18.6 Å². The van der Waals surface area contributed by atoms with Crippen LogP contribution in [0.15, 0.2) is 18.2 Å². The van der Waals surface area contributed by atoms with E-state index in [-0.39, 0.29) is 17.7 Å². The average Bonchev–Trinajstić information content (AvgIpc) is 3.12. The number of carbonyl (C=O) groups excluding carboxylic acids is 3. The fourth-order valence-corrected chi connectivity index (χ4v) is 3.37. The molecule has 2 aliphatic heterocycles. The Hall–Kier alpha value is -2.77. The lowest BCUT2D eigenvalue weighted by Gasteiger charge is -2.36. The maximum atomic E-state index is 12.9. The molecule has 8 nitrogen and oxygen atoms in total. The van der Waals surface area contributed by atoms with Crippen LogP contribution in [0.25, 0.3) is 0 Å². The molecule has 0 bridgehead atoms. The molecule has 3 amide bonds. The first-order chi connectivity index (χ1) is 12.5. The predicted molar refractivity (Wildman–Crippen MR) is 93.2 cm³/mol. The third kappa shape index (κ3) is 3.44. The number of piperazine rings is 1. The van der Waals surface area contributed by atoms with Crippen LogP contribution in [0.4, 0.5) is 0 Å². The maximum absolute atomic E-state index is 12.9. The van der Waals surface area contributed by atoms with Gasteiger partial charge in [-0.2, -0.15) is 0 Å². The van der Waals surface area contributed by atoms with E-state index in [1.165, 1.54) is 14.2 Å². The van der Waals surface area contributed by atoms with Gasteiger partial charge >= 0.3 is 0 Å². The molecule has 8 heteroatoms. The lowest BCUT2D eigenvalue weighted by atomic mass is 10.1. The summed E-state index contributed by atoms with van der Waals surface area (Å²) in [5.41, 5.74) is 0.389. The van der Waals surface area contributed by atoms with Crippen molar-refractivity contribution in [1.82, 2.24) is 15.1 Å². The molecule has 1 N–H and O–H groups in total. The number of hydrogen-bond acceptors (Lipinski definition) is 5. The molecule has 2 heterocycles. The van der Waals surface area contributed by atoms with Crippen LogP contribution >= 0.6 is 0 Å². The molecule has 2 saturated heterocycles. The number of hydrogen-bond donors (Lipinski definition) is 1. The number of amides is 3. The van der Waals surface area contributed by atoms with Gasteiger partial charge in [-0.15, -0.1) is 0 Å². The molecule has 26 heavy (non-hydrogen) atoms. The fraction of sp³-hybridized carbons (Fsp3) is 0.500. The normalized spacial score (nSPS) is 19.9. The molecule has 1 aromatic rings. The highest BCUT2D eigenvalue weighted by molar-refractivity contribution is 6.00. The minimum atomic E-state index is -0.431. The Morgan fingerprint density at radius 2 is 1.62 bits per heavy atom. The van der Waals surface area contributed by atoms with E-state index in [1.807, 2.05) is 0 Å². The standard InChI is InChI=1S/C18H23N3O5/c1-25-13-4-3-5-14(26-2)16(13)18(24)21-10-8-20(9-11-21)17(23)12-6-7-15(22)19-12/h3-5,12H,6-11H2,1-2H3,(H,19,22). The van der Waals surface area contributed by atoms with E-state index in [0.717, 1.165) is 0 Å². The fourth-order valence-electron chi connectivity index (χ4n) is 3.37. The third-order valence-corrected chi connectivity index (χ3v) is 4.81. The van der Waals surface area contributed by atoms with Crippen LogP contribution in [-0.4, -0.2) is 74.0 Å². The summed E-state index contributed by atoms with van der Waals surface area (Å²) in [4.78, 5) is 40.1. The van der Waals surface area contributed by atoms with Crippen molar-refractivity contribution >= 4 is 17.7 Å². The number of rotatable bonds is 4. The number of nitrogens with one attached hydrogen (secondary N) is 1. The van der Waals surface area contributed by atoms with Crippen LogP contribution in [0, 0.1) is 0 Å². The topological polar surface area (TPSA) is 88.2 Å². The average molecular weight is 361 g/mol. The van der Waals surface area contributed by atoms with Gasteiger partial charge in [0.25, 0.3) is 5.91 Å². The first kappa shape index (κ1) is 18.0. The van der Waals surface area contributed by atoms with Crippen LogP contribution in [0.1, 0.15) is 23.2 Å². The van der Waals surface area contributed by atoms with Crippen molar-refractivity contribution < 1.29 is 23.9 Å². The molecule has 2 fully saturated rings. The molecule has 0 radical (unpaired) electrons. The van der Waals surface area contributed by atoms with Gasteiger partial charge in [0.15, 0.2) is 0 Å². The SMILES string of the molecule is COc1cccc(OC)c1C(=O)N1CCN(C(=O)C2CCC(=O)N2)CC1. The summed E-state index contributed by atoms with van der Waals surface area (Å²) in [5, 5.41) is 2.70. The van der Waals surface area contributed by atoms with E-state index < -0.39 is 6.04 Å². The quantitative estimate of drug-likeness (QED) is 0.832. The molecule has 140 valence electrons. The molecule has 1 atom stereocenters. The lowest BCUT2D eigenvalue weighted by molar-refractivity contribution is -0.135. The zero-order chi connectivity index (χ0) is 18.7.